The highest BCUT2D eigenvalue weighted by atomic mass is 15.1. The monoisotopic (exact) mass is 778 g/mol. The summed E-state index contributed by atoms with van der Waals surface area (Å²) in [5.41, 5.74) is 24.6. The van der Waals surface area contributed by atoms with Crippen LogP contribution in [0.25, 0.3) is 70.9 Å². The van der Waals surface area contributed by atoms with Gasteiger partial charge in [-0.1, -0.05) is 182 Å². The molecule has 0 N–H and O–H groups in total. The minimum atomic E-state index is -0.440. The zero-order valence-electron chi connectivity index (χ0n) is 34.2. The van der Waals surface area contributed by atoms with E-state index in [0.29, 0.717) is 0 Å². The van der Waals surface area contributed by atoms with Gasteiger partial charge in [-0.25, -0.2) is 0 Å². The largest absolute Gasteiger partial charge is 0.344 e. The van der Waals surface area contributed by atoms with Crippen LogP contribution < -0.4 is 9.80 Å². The smallest absolute Gasteiger partial charge is 0.0725 e. The summed E-state index contributed by atoms with van der Waals surface area (Å²) in [6, 6.07) is 63.0. The minimum absolute atomic E-state index is 0.440. The Bertz CT molecular complexity index is 3030. The van der Waals surface area contributed by atoms with Crippen molar-refractivity contribution >= 4 is 71.4 Å². The molecule has 0 saturated carbocycles. The fourth-order valence-corrected chi connectivity index (χ4v) is 10.4. The molecular weight excluding hydrogens is 737 g/mol. The first-order valence-electron chi connectivity index (χ1n) is 21.2. The van der Waals surface area contributed by atoms with E-state index >= 15 is 0 Å². The van der Waals surface area contributed by atoms with Crippen molar-refractivity contribution in [2.45, 2.75) is 5.41 Å². The number of anilines is 4. The number of para-hydroxylation sites is 2. The number of nitrogens with zero attached hydrogens (tertiary/aromatic N) is 2. The van der Waals surface area contributed by atoms with Crippen molar-refractivity contribution < 1.29 is 0 Å². The Morgan fingerprint density at radius 2 is 0.656 bits per heavy atom. The molecular formula is C59H42N2. The van der Waals surface area contributed by atoms with E-state index in [0.717, 1.165) is 0 Å². The summed E-state index contributed by atoms with van der Waals surface area (Å²) >= 11 is 0. The third-order valence-corrected chi connectivity index (χ3v) is 13.4. The molecule has 2 aliphatic carbocycles. The van der Waals surface area contributed by atoms with E-state index in [1.165, 1.54) is 112 Å². The van der Waals surface area contributed by atoms with Gasteiger partial charge < -0.3 is 9.80 Å². The molecule has 61 heavy (non-hydrogen) atoms. The van der Waals surface area contributed by atoms with Gasteiger partial charge in [0.15, 0.2) is 0 Å². The second kappa shape index (κ2) is 13.7. The van der Waals surface area contributed by atoms with Gasteiger partial charge in [-0.05, 0) is 125 Å². The molecule has 0 radical (unpaired) electrons. The van der Waals surface area contributed by atoms with Crippen LogP contribution in [-0.4, -0.2) is 14.1 Å². The topological polar surface area (TPSA) is 6.48 Å². The molecule has 2 heterocycles. The van der Waals surface area contributed by atoms with Crippen LogP contribution in [0.4, 0.5) is 22.7 Å². The lowest BCUT2D eigenvalue weighted by molar-refractivity contribution is 0.793. The van der Waals surface area contributed by atoms with Crippen LogP contribution in [0.5, 0.6) is 0 Å². The van der Waals surface area contributed by atoms with Gasteiger partial charge in [0, 0.05) is 36.8 Å². The fourth-order valence-electron chi connectivity index (χ4n) is 10.4. The molecule has 2 nitrogen and oxygen atoms in total. The van der Waals surface area contributed by atoms with Crippen LogP contribution in [0.3, 0.4) is 0 Å². The average molecular weight is 779 g/mol. The van der Waals surface area contributed by atoms with E-state index in [-0.39, 0.29) is 0 Å². The van der Waals surface area contributed by atoms with Gasteiger partial charge in [0.25, 0.3) is 0 Å². The van der Waals surface area contributed by atoms with Crippen molar-refractivity contribution in [2.24, 2.45) is 0 Å². The van der Waals surface area contributed by atoms with Crippen LogP contribution in [0, 0.1) is 0 Å². The van der Waals surface area contributed by atoms with Crippen molar-refractivity contribution in [3.63, 3.8) is 0 Å². The molecule has 0 saturated heterocycles. The van der Waals surface area contributed by atoms with Crippen LogP contribution in [0.2, 0.25) is 0 Å². The normalized spacial score (nSPS) is 14.5. The maximum absolute atomic E-state index is 2.45. The zero-order valence-corrected chi connectivity index (χ0v) is 34.2. The summed E-state index contributed by atoms with van der Waals surface area (Å²) in [6.07, 6.45) is 18.0. The standard InChI is InChI=1S/C59H42N2/c1-60-55-17-9-3-11-43(55)29-31-45-27-23-41(37-57(45)60)21-19-39-25-33-49-50-34-26-40(20-22-42-24-28-46-32-30-44-12-4-10-18-56(44)61(2)58(46)38-42)36-54(50)59(53(49)35-39)51-15-7-5-13-47(51)48-14-6-8-16-52(48)59/h3-38H,1-2H3/b21-19+,22-20+. The summed E-state index contributed by atoms with van der Waals surface area (Å²) in [5, 5.41) is 0. The summed E-state index contributed by atoms with van der Waals surface area (Å²) in [4.78, 5) is 4.61. The van der Waals surface area contributed by atoms with Crippen LogP contribution in [0.15, 0.2) is 170 Å². The maximum Gasteiger partial charge on any atom is 0.0725 e. The number of hydrogen-bond acceptors (Lipinski definition) is 2. The van der Waals surface area contributed by atoms with E-state index in [2.05, 4.69) is 242 Å². The van der Waals surface area contributed by atoms with Crippen molar-refractivity contribution in [1.29, 1.82) is 0 Å². The highest BCUT2D eigenvalue weighted by Gasteiger charge is 2.51. The van der Waals surface area contributed by atoms with Gasteiger partial charge in [-0.15, -0.1) is 0 Å². The van der Waals surface area contributed by atoms with E-state index in [9.17, 15) is 0 Å². The van der Waals surface area contributed by atoms with E-state index < -0.39 is 5.41 Å². The first kappa shape index (κ1) is 35.3. The quantitative estimate of drug-likeness (QED) is 0.164. The molecule has 8 aromatic rings. The first-order chi connectivity index (χ1) is 30.0. The molecule has 1 spiro atoms. The van der Waals surface area contributed by atoms with Gasteiger partial charge in [0.2, 0.25) is 0 Å². The molecule has 0 aromatic heterocycles. The third kappa shape index (κ3) is 5.42. The van der Waals surface area contributed by atoms with Gasteiger partial charge in [0.05, 0.1) is 5.41 Å². The molecule has 288 valence electrons. The van der Waals surface area contributed by atoms with Crippen LogP contribution >= 0.6 is 0 Å². The van der Waals surface area contributed by atoms with E-state index in [4.69, 9.17) is 0 Å². The van der Waals surface area contributed by atoms with Crippen molar-refractivity contribution in [3.05, 3.63) is 237 Å². The number of fused-ring (bicyclic) bond motifs is 14. The van der Waals surface area contributed by atoms with Crippen molar-refractivity contribution in [3.8, 4) is 22.3 Å². The van der Waals surface area contributed by atoms with E-state index in [1.54, 1.807) is 0 Å². The summed E-state index contributed by atoms with van der Waals surface area (Å²) in [6.45, 7) is 0. The Labute approximate surface area is 358 Å². The molecule has 12 rings (SSSR count). The van der Waals surface area contributed by atoms with E-state index in [1.807, 2.05) is 0 Å². The van der Waals surface area contributed by atoms with Crippen molar-refractivity contribution in [2.75, 3.05) is 23.9 Å². The summed E-state index contributed by atoms with van der Waals surface area (Å²) < 4.78 is 0. The van der Waals surface area contributed by atoms with Crippen LogP contribution in [0.1, 0.15) is 66.8 Å². The molecule has 0 fully saturated rings. The first-order valence-corrected chi connectivity index (χ1v) is 21.2. The Balaban J connectivity index is 0.943. The Morgan fingerprint density at radius 1 is 0.311 bits per heavy atom. The molecule has 0 bridgehead atoms. The molecule has 4 aliphatic rings. The fraction of sp³-hybridized carbons (Fsp3) is 0.0508. The predicted octanol–water partition coefficient (Wildman–Crippen LogP) is 14.9. The molecule has 0 atom stereocenters. The molecule has 0 unspecified atom stereocenters. The second-order valence-corrected chi connectivity index (χ2v) is 16.7. The lowest BCUT2D eigenvalue weighted by Crippen LogP contribution is -2.26. The SMILES string of the molecule is CN1c2ccccc2C=Cc2ccc(/C=C/c3ccc4c(c3)C3(c5ccccc5-c5ccccc53)c3cc(/C=C/c5ccc6c(c5)N(C)c5ccccc5C=C6)ccc3-4)cc21. The van der Waals surface area contributed by atoms with Gasteiger partial charge in [-0.3, -0.25) is 0 Å². The summed E-state index contributed by atoms with van der Waals surface area (Å²) in [5.74, 6) is 0. The molecule has 0 amide bonds. The average Bonchev–Trinajstić information content (AvgIpc) is 3.66. The van der Waals surface area contributed by atoms with Gasteiger partial charge >= 0.3 is 0 Å². The zero-order chi connectivity index (χ0) is 40.7. The Hall–Kier alpha value is -7.68. The summed E-state index contributed by atoms with van der Waals surface area (Å²) in [7, 11) is 4.33. The highest BCUT2D eigenvalue weighted by molar-refractivity contribution is 5.97. The minimum Gasteiger partial charge on any atom is -0.344 e. The lowest BCUT2D eigenvalue weighted by Gasteiger charge is -2.30. The number of benzene rings is 8. The molecule has 8 aromatic carbocycles. The Kier molecular flexibility index (Phi) is 7.92. The second-order valence-electron chi connectivity index (χ2n) is 16.7. The van der Waals surface area contributed by atoms with Gasteiger partial charge in [0.1, 0.15) is 0 Å². The predicted molar refractivity (Wildman–Crippen MR) is 260 cm³/mol. The molecule has 2 heteroatoms. The number of hydrogen-bond donors (Lipinski definition) is 0. The lowest BCUT2D eigenvalue weighted by atomic mass is 9.70. The van der Waals surface area contributed by atoms with Crippen LogP contribution in [-0.2, 0) is 5.41 Å². The Morgan fingerprint density at radius 3 is 1.11 bits per heavy atom. The molecule has 2 aliphatic heterocycles. The highest BCUT2D eigenvalue weighted by Crippen LogP contribution is 2.63. The van der Waals surface area contributed by atoms with Gasteiger partial charge in [-0.2, -0.15) is 0 Å². The van der Waals surface area contributed by atoms with Crippen molar-refractivity contribution in [1.82, 2.24) is 0 Å². The maximum atomic E-state index is 2.45. The number of rotatable bonds is 4. The third-order valence-electron chi connectivity index (χ3n) is 13.4.